The number of amides is 2. The smallest absolute Gasteiger partial charge is 0.244 e. The van der Waals surface area contributed by atoms with Crippen LogP contribution >= 0.6 is 11.6 Å². The number of nitrogens with one attached hydrogen (secondary N) is 2. The lowest BCUT2D eigenvalue weighted by molar-refractivity contribution is -0.117. The molecule has 1 saturated carbocycles. The summed E-state index contributed by atoms with van der Waals surface area (Å²) in [4.78, 5) is 23.7. The Bertz CT molecular complexity index is 1140. The second-order valence-corrected chi connectivity index (χ2v) is 10.4. The average molecular weight is 474 g/mol. The molecular weight excluding hydrogens is 450 g/mol. The second kappa shape index (κ2) is 9.05. The normalized spacial score (nSPS) is 22.1. The van der Waals surface area contributed by atoms with Crippen molar-refractivity contribution < 1.29 is 18.0 Å². The summed E-state index contributed by atoms with van der Waals surface area (Å²) >= 11 is 6.29. The van der Waals surface area contributed by atoms with Gasteiger partial charge in [0, 0.05) is 31.2 Å². The van der Waals surface area contributed by atoms with Crippen molar-refractivity contribution in [1.29, 1.82) is 0 Å². The Morgan fingerprint density at radius 2 is 1.81 bits per heavy atom. The molecule has 1 heterocycles. The van der Waals surface area contributed by atoms with E-state index in [0.29, 0.717) is 31.6 Å². The van der Waals surface area contributed by atoms with Gasteiger partial charge in [0.05, 0.1) is 5.02 Å². The Morgan fingerprint density at radius 1 is 1.12 bits per heavy atom. The van der Waals surface area contributed by atoms with Crippen LogP contribution in [0.1, 0.15) is 12.0 Å². The number of anilines is 1. The van der Waals surface area contributed by atoms with E-state index in [2.05, 4.69) is 17.2 Å². The predicted molar refractivity (Wildman–Crippen MR) is 123 cm³/mol. The molecule has 2 aromatic carbocycles. The first-order chi connectivity index (χ1) is 15.3. The second-order valence-electron chi connectivity index (χ2n) is 8.07. The molecule has 1 saturated heterocycles. The molecular formula is C23H24ClN3O4S. The number of fused-ring (bicyclic) bond motifs is 1. The van der Waals surface area contributed by atoms with Gasteiger partial charge in [-0.3, -0.25) is 9.59 Å². The van der Waals surface area contributed by atoms with Gasteiger partial charge in [-0.1, -0.05) is 48.5 Å². The lowest BCUT2D eigenvalue weighted by atomic mass is 10.1. The van der Waals surface area contributed by atoms with Crippen molar-refractivity contribution >= 4 is 39.1 Å². The van der Waals surface area contributed by atoms with E-state index in [4.69, 9.17) is 11.6 Å². The van der Waals surface area contributed by atoms with Crippen LogP contribution in [0.4, 0.5) is 5.69 Å². The minimum absolute atomic E-state index is 0.00380. The summed E-state index contributed by atoms with van der Waals surface area (Å²) in [6.07, 6.45) is 2.13. The van der Waals surface area contributed by atoms with Crippen LogP contribution in [-0.2, 0) is 26.0 Å². The van der Waals surface area contributed by atoms with Crippen molar-refractivity contribution in [2.45, 2.75) is 23.8 Å². The summed E-state index contributed by atoms with van der Waals surface area (Å²) in [5, 5.41) is 5.65. The van der Waals surface area contributed by atoms with E-state index >= 15 is 0 Å². The highest BCUT2D eigenvalue weighted by molar-refractivity contribution is 7.89. The largest absolute Gasteiger partial charge is 0.349 e. The molecule has 0 radical (unpaired) electrons. The number of sulfonamides is 1. The minimum Gasteiger partial charge on any atom is -0.349 e. The monoisotopic (exact) mass is 473 g/mol. The topological polar surface area (TPSA) is 95.6 Å². The van der Waals surface area contributed by atoms with Crippen LogP contribution in [-0.4, -0.2) is 43.7 Å². The Balaban J connectivity index is 1.35. The quantitative estimate of drug-likeness (QED) is 0.576. The SMILES string of the molecule is C=CC(=O)NC1C2CN(S(=O)(=O)c3ccc(NC(=O)CCc4ccccc4)cc3Cl)CC21. The van der Waals surface area contributed by atoms with E-state index in [1.165, 1.54) is 22.5 Å². The van der Waals surface area contributed by atoms with Gasteiger partial charge in [-0.2, -0.15) is 4.31 Å². The van der Waals surface area contributed by atoms with Crippen molar-refractivity contribution in [3.8, 4) is 0 Å². The number of hydrogen-bond donors (Lipinski definition) is 2. The van der Waals surface area contributed by atoms with Gasteiger partial charge in [0.2, 0.25) is 21.8 Å². The van der Waals surface area contributed by atoms with Crippen LogP contribution in [0, 0.1) is 11.8 Å². The number of carbonyl (C=O) groups excluding carboxylic acids is 2. The molecule has 2 N–H and O–H groups in total. The molecule has 2 unspecified atom stereocenters. The Labute approximate surface area is 192 Å². The number of halogens is 1. The minimum atomic E-state index is -3.76. The number of benzene rings is 2. The molecule has 7 nitrogen and oxygen atoms in total. The summed E-state index contributed by atoms with van der Waals surface area (Å²) in [7, 11) is -3.76. The number of carbonyl (C=O) groups is 2. The lowest BCUT2D eigenvalue weighted by Gasteiger charge is -2.20. The Morgan fingerprint density at radius 3 is 2.44 bits per heavy atom. The number of aryl methyl sites for hydroxylation is 1. The molecule has 32 heavy (non-hydrogen) atoms. The maximum atomic E-state index is 13.0. The molecule has 2 fully saturated rings. The van der Waals surface area contributed by atoms with Crippen molar-refractivity contribution in [2.24, 2.45) is 11.8 Å². The highest BCUT2D eigenvalue weighted by Crippen LogP contribution is 2.47. The first kappa shape index (κ1) is 22.5. The maximum Gasteiger partial charge on any atom is 0.244 e. The highest BCUT2D eigenvalue weighted by atomic mass is 35.5. The van der Waals surface area contributed by atoms with Crippen LogP contribution in [0.2, 0.25) is 5.02 Å². The Kier molecular flexibility index (Phi) is 6.37. The maximum absolute atomic E-state index is 13.0. The summed E-state index contributed by atoms with van der Waals surface area (Å²) in [5.41, 5.74) is 1.51. The molecule has 2 amide bonds. The predicted octanol–water partition coefficient (Wildman–Crippen LogP) is 2.83. The third-order valence-corrected chi connectivity index (χ3v) is 8.29. The average Bonchev–Trinajstić information content (AvgIpc) is 3.19. The summed E-state index contributed by atoms with van der Waals surface area (Å²) in [6, 6.07) is 14.1. The van der Waals surface area contributed by atoms with E-state index in [0.717, 1.165) is 5.56 Å². The molecule has 2 aromatic rings. The van der Waals surface area contributed by atoms with Gasteiger partial charge in [0.15, 0.2) is 0 Å². The first-order valence-electron chi connectivity index (χ1n) is 10.4. The zero-order chi connectivity index (χ0) is 22.9. The molecule has 1 aliphatic carbocycles. The lowest BCUT2D eigenvalue weighted by Crippen LogP contribution is -2.37. The highest BCUT2D eigenvalue weighted by Gasteiger charge is 2.58. The molecule has 168 valence electrons. The molecule has 4 rings (SSSR count). The van der Waals surface area contributed by atoms with Crippen LogP contribution in [0.3, 0.4) is 0 Å². The fourth-order valence-corrected chi connectivity index (χ4v) is 6.21. The summed E-state index contributed by atoms with van der Waals surface area (Å²) < 4.78 is 27.5. The van der Waals surface area contributed by atoms with Gasteiger partial charge in [0.1, 0.15) is 4.90 Å². The van der Waals surface area contributed by atoms with Gasteiger partial charge < -0.3 is 10.6 Å². The molecule has 0 bridgehead atoms. The fourth-order valence-electron chi connectivity index (χ4n) is 4.17. The number of piperidine rings is 1. The van der Waals surface area contributed by atoms with E-state index < -0.39 is 10.0 Å². The zero-order valence-electron chi connectivity index (χ0n) is 17.3. The van der Waals surface area contributed by atoms with Gasteiger partial charge in [-0.05, 0) is 48.1 Å². The van der Waals surface area contributed by atoms with Gasteiger partial charge in [0.25, 0.3) is 0 Å². The number of nitrogens with zero attached hydrogens (tertiary/aromatic N) is 1. The summed E-state index contributed by atoms with van der Waals surface area (Å²) in [5.74, 6) is -0.206. The van der Waals surface area contributed by atoms with Gasteiger partial charge in [-0.25, -0.2) is 8.42 Å². The zero-order valence-corrected chi connectivity index (χ0v) is 18.9. The number of rotatable bonds is 8. The summed E-state index contributed by atoms with van der Waals surface area (Å²) in [6.45, 7) is 4.10. The molecule has 1 aliphatic heterocycles. The third-order valence-electron chi connectivity index (χ3n) is 5.97. The molecule has 0 spiro atoms. The Hall–Kier alpha value is -2.68. The van der Waals surface area contributed by atoms with Crippen LogP contribution in [0.15, 0.2) is 66.1 Å². The standard InChI is InChI=1S/C23H24ClN3O4S/c1-2-21(28)26-23-17-13-27(14-18(17)23)32(30,31)20-10-9-16(12-19(20)24)25-22(29)11-8-15-6-4-3-5-7-15/h2-7,9-10,12,17-18,23H,1,8,11,13-14H2,(H,25,29)(H,26,28). The van der Waals surface area contributed by atoms with Crippen molar-refractivity contribution in [2.75, 3.05) is 18.4 Å². The molecule has 2 atom stereocenters. The van der Waals surface area contributed by atoms with Crippen molar-refractivity contribution in [3.63, 3.8) is 0 Å². The molecule has 9 heteroatoms. The molecule has 2 aliphatic rings. The van der Waals surface area contributed by atoms with E-state index in [-0.39, 0.29) is 39.6 Å². The van der Waals surface area contributed by atoms with E-state index in [1.54, 1.807) is 6.07 Å². The van der Waals surface area contributed by atoms with Crippen LogP contribution in [0.5, 0.6) is 0 Å². The number of hydrogen-bond acceptors (Lipinski definition) is 4. The van der Waals surface area contributed by atoms with Crippen molar-refractivity contribution in [1.82, 2.24) is 9.62 Å². The first-order valence-corrected chi connectivity index (χ1v) is 12.2. The third kappa shape index (κ3) is 4.72. The van der Waals surface area contributed by atoms with E-state index in [9.17, 15) is 18.0 Å². The van der Waals surface area contributed by atoms with Gasteiger partial charge in [-0.15, -0.1) is 0 Å². The van der Waals surface area contributed by atoms with Crippen LogP contribution < -0.4 is 10.6 Å². The fraction of sp³-hybridized carbons (Fsp3) is 0.304. The van der Waals surface area contributed by atoms with Crippen LogP contribution in [0.25, 0.3) is 0 Å². The van der Waals surface area contributed by atoms with Gasteiger partial charge >= 0.3 is 0 Å². The van der Waals surface area contributed by atoms with Crippen molar-refractivity contribution in [3.05, 3.63) is 71.8 Å². The van der Waals surface area contributed by atoms with E-state index in [1.807, 2.05) is 30.3 Å². The molecule has 0 aromatic heterocycles.